The minimum Gasteiger partial charge on any atom is -0.481 e. The molecule has 0 amide bonds. The van der Waals surface area contributed by atoms with Crippen molar-refractivity contribution < 1.29 is 4.74 Å². The van der Waals surface area contributed by atoms with Crippen LogP contribution in [0.5, 0.6) is 5.88 Å². The molecule has 2 rings (SSSR count). The molecule has 0 bridgehead atoms. The van der Waals surface area contributed by atoms with Gasteiger partial charge < -0.3 is 10.5 Å². The fourth-order valence-electron chi connectivity index (χ4n) is 1.15. The van der Waals surface area contributed by atoms with Crippen LogP contribution >= 0.6 is 11.8 Å². The SMILES string of the molecule is COc1cccc(Sc2ncccc2N)n1. The predicted molar refractivity (Wildman–Crippen MR) is 63.6 cm³/mol. The lowest BCUT2D eigenvalue weighted by Crippen LogP contribution is -1.92. The summed E-state index contributed by atoms with van der Waals surface area (Å²) < 4.78 is 5.05. The van der Waals surface area contributed by atoms with E-state index in [2.05, 4.69) is 9.97 Å². The Morgan fingerprint density at radius 3 is 2.88 bits per heavy atom. The molecule has 0 saturated heterocycles. The molecule has 0 saturated carbocycles. The van der Waals surface area contributed by atoms with Crippen LogP contribution in [0.2, 0.25) is 0 Å². The molecule has 5 heteroatoms. The van der Waals surface area contributed by atoms with Gasteiger partial charge in [-0.15, -0.1) is 0 Å². The number of aromatic nitrogens is 2. The highest BCUT2D eigenvalue weighted by Gasteiger charge is 2.04. The zero-order valence-corrected chi connectivity index (χ0v) is 9.57. The van der Waals surface area contributed by atoms with Gasteiger partial charge in [0.2, 0.25) is 5.88 Å². The van der Waals surface area contributed by atoms with E-state index in [-0.39, 0.29) is 0 Å². The van der Waals surface area contributed by atoms with Gasteiger partial charge in [0.05, 0.1) is 12.8 Å². The van der Waals surface area contributed by atoms with E-state index in [1.165, 1.54) is 11.8 Å². The van der Waals surface area contributed by atoms with Crippen molar-refractivity contribution >= 4 is 17.4 Å². The normalized spacial score (nSPS) is 10.1. The number of ether oxygens (including phenoxy) is 1. The number of pyridine rings is 2. The summed E-state index contributed by atoms with van der Waals surface area (Å²) in [6, 6.07) is 9.19. The van der Waals surface area contributed by atoms with Crippen LogP contribution in [-0.4, -0.2) is 17.1 Å². The smallest absolute Gasteiger partial charge is 0.213 e. The maximum absolute atomic E-state index is 5.80. The highest BCUT2D eigenvalue weighted by molar-refractivity contribution is 7.99. The predicted octanol–water partition coefficient (Wildman–Crippen LogP) is 2.22. The largest absolute Gasteiger partial charge is 0.481 e. The highest BCUT2D eigenvalue weighted by atomic mass is 32.2. The van der Waals surface area contributed by atoms with Gasteiger partial charge in [-0.1, -0.05) is 6.07 Å². The van der Waals surface area contributed by atoms with Gasteiger partial charge in [0.15, 0.2) is 0 Å². The summed E-state index contributed by atoms with van der Waals surface area (Å²) in [4.78, 5) is 8.46. The molecular weight excluding hydrogens is 222 g/mol. The Morgan fingerprint density at radius 2 is 2.12 bits per heavy atom. The van der Waals surface area contributed by atoms with E-state index in [0.29, 0.717) is 11.6 Å². The first kappa shape index (κ1) is 10.8. The van der Waals surface area contributed by atoms with E-state index in [9.17, 15) is 0 Å². The maximum Gasteiger partial charge on any atom is 0.213 e. The van der Waals surface area contributed by atoms with Crippen LogP contribution in [-0.2, 0) is 0 Å². The third-order valence-electron chi connectivity index (χ3n) is 1.91. The Labute approximate surface area is 97.9 Å². The van der Waals surface area contributed by atoms with Crippen LogP contribution in [0.1, 0.15) is 0 Å². The van der Waals surface area contributed by atoms with Crippen LogP contribution < -0.4 is 10.5 Å². The second-order valence-corrected chi connectivity index (χ2v) is 4.03. The molecule has 4 nitrogen and oxygen atoms in total. The summed E-state index contributed by atoms with van der Waals surface area (Å²) >= 11 is 1.42. The first-order valence-electron chi connectivity index (χ1n) is 4.69. The number of rotatable bonds is 3. The Balaban J connectivity index is 2.24. The zero-order chi connectivity index (χ0) is 11.4. The number of nitrogens with zero attached hydrogens (tertiary/aromatic N) is 2. The molecule has 2 heterocycles. The Hall–Kier alpha value is -1.75. The van der Waals surface area contributed by atoms with E-state index in [1.54, 1.807) is 25.4 Å². The lowest BCUT2D eigenvalue weighted by molar-refractivity contribution is 0.394. The monoisotopic (exact) mass is 233 g/mol. The number of hydrogen-bond donors (Lipinski definition) is 1. The molecule has 0 radical (unpaired) electrons. The molecule has 0 aliphatic rings. The van der Waals surface area contributed by atoms with Crippen LogP contribution in [0.15, 0.2) is 46.6 Å². The average Bonchev–Trinajstić information content (AvgIpc) is 2.32. The topological polar surface area (TPSA) is 61.0 Å². The lowest BCUT2D eigenvalue weighted by Gasteiger charge is -2.04. The third kappa shape index (κ3) is 2.43. The van der Waals surface area contributed by atoms with Gasteiger partial charge in [0, 0.05) is 12.3 Å². The fourth-order valence-corrected chi connectivity index (χ4v) is 1.93. The molecule has 0 aromatic carbocycles. The van der Waals surface area contributed by atoms with Gasteiger partial charge in [0.1, 0.15) is 10.1 Å². The van der Waals surface area contributed by atoms with Crippen molar-refractivity contribution in [3.8, 4) is 5.88 Å². The minimum absolute atomic E-state index is 0.583. The Bertz CT molecular complexity index is 490. The molecule has 2 aromatic heterocycles. The van der Waals surface area contributed by atoms with E-state index < -0.39 is 0 Å². The van der Waals surface area contributed by atoms with Gasteiger partial charge in [-0.2, -0.15) is 0 Å². The fraction of sp³-hybridized carbons (Fsp3) is 0.0909. The van der Waals surface area contributed by atoms with Crippen molar-refractivity contribution in [3.63, 3.8) is 0 Å². The second kappa shape index (κ2) is 4.85. The molecule has 0 atom stereocenters. The molecule has 82 valence electrons. The molecule has 2 N–H and O–H groups in total. The summed E-state index contributed by atoms with van der Waals surface area (Å²) in [7, 11) is 1.59. The summed E-state index contributed by atoms with van der Waals surface area (Å²) in [6.07, 6.45) is 1.71. The van der Waals surface area contributed by atoms with Crippen LogP contribution in [0.4, 0.5) is 5.69 Å². The molecule has 0 aliphatic heterocycles. The van der Waals surface area contributed by atoms with Gasteiger partial charge in [-0.25, -0.2) is 9.97 Å². The molecule has 16 heavy (non-hydrogen) atoms. The van der Waals surface area contributed by atoms with E-state index >= 15 is 0 Å². The Kier molecular flexibility index (Phi) is 3.26. The van der Waals surface area contributed by atoms with Crippen molar-refractivity contribution in [1.29, 1.82) is 0 Å². The van der Waals surface area contributed by atoms with Crippen molar-refractivity contribution in [3.05, 3.63) is 36.5 Å². The molecule has 0 fully saturated rings. The van der Waals surface area contributed by atoms with Crippen molar-refractivity contribution in [2.24, 2.45) is 0 Å². The highest BCUT2D eigenvalue weighted by Crippen LogP contribution is 2.29. The van der Waals surface area contributed by atoms with Crippen molar-refractivity contribution in [2.45, 2.75) is 10.1 Å². The summed E-state index contributed by atoms with van der Waals surface area (Å²) in [5, 5.41) is 1.56. The van der Waals surface area contributed by atoms with Crippen LogP contribution in [0.3, 0.4) is 0 Å². The van der Waals surface area contributed by atoms with Gasteiger partial charge >= 0.3 is 0 Å². The first-order chi connectivity index (χ1) is 7.79. The van der Waals surface area contributed by atoms with Gasteiger partial charge in [0.25, 0.3) is 0 Å². The average molecular weight is 233 g/mol. The molecular formula is C11H11N3OS. The minimum atomic E-state index is 0.583. The van der Waals surface area contributed by atoms with Crippen molar-refractivity contribution in [1.82, 2.24) is 9.97 Å². The number of nitrogen functional groups attached to an aromatic ring is 1. The Morgan fingerprint density at radius 1 is 1.25 bits per heavy atom. The van der Waals surface area contributed by atoms with Crippen molar-refractivity contribution in [2.75, 3.05) is 12.8 Å². The molecule has 0 unspecified atom stereocenters. The third-order valence-corrected chi connectivity index (χ3v) is 2.88. The van der Waals surface area contributed by atoms with Gasteiger partial charge in [-0.3, -0.25) is 0 Å². The van der Waals surface area contributed by atoms with E-state index in [4.69, 9.17) is 10.5 Å². The number of hydrogen-bond acceptors (Lipinski definition) is 5. The van der Waals surface area contributed by atoms with Crippen LogP contribution in [0, 0.1) is 0 Å². The summed E-state index contributed by atoms with van der Waals surface area (Å²) in [6.45, 7) is 0. The molecule has 0 aliphatic carbocycles. The zero-order valence-electron chi connectivity index (χ0n) is 8.75. The summed E-state index contributed by atoms with van der Waals surface area (Å²) in [5.74, 6) is 0.583. The number of nitrogens with two attached hydrogens (primary N) is 1. The molecule has 2 aromatic rings. The second-order valence-electron chi connectivity index (χ2n) is 3.02. The number of methoxy groups -OCH3 is 1. The number of anilines is 1. The first-order valence-corrected chi connectivity index (χ1v) is 5.50. The standard InChI is InChI=1S/C11H11N3OS/c1-15-9-5-2-6-10(14-9)16-11-8(12)4-3-7-13-11/h2-7H,12H2,1H3. The van der Waals surface area contributed by atoms with E-state index in [1.807, 2.05) is 18.2 Å². The lowest BCUT2D eigenvalue weighted by atomic mass is 10.4. The van der Waals surface area contributed by atoms with Crippen LogP contribution in [0.25, 0.3) is 0 Å². The van der Waals surface area contributed by atoms with E-state index in [0.717, 1.165) is 10.1 Å². The summed E-state index contributed by atoms with van der Waals surface area (Å²) in [5.41, 5.74) is 6.45. The quantitative estimate of drug-likeness (QED) is 0.880. The van der Waals surface area contributed by atoms with Gasteiger partial charge in [-0.05, 0) is 30.0 Å². The molecule has 0 spiro atoms. The maximum atomic E-state index is 5.80.